The van der Waals surface area contributed by atoms with Crippen molar-refractivity contribution >= 4 is 17.6 Å². The van der Waals surface area contributed by atoms with Gasteiger partial charge in [-0.25, -0.2) is 4.79 Å². The number of aromatic carboxylic acids is 1. The van der Waals surface area contributed by atoms with Gasteiger partial charge in [-0.05, 0) is 19.9 Å². The van der Waals surface area contributed by atoms with Crippen molar-refractivity contribution in [2.24, 2.45) is 0 Å². The van der Waals surface area contributed by atoms with Crippen LogP contribution in [0.25, 0.3) is 0 Å². The molecule has 0 saturated heterocycles. The molecule has 2 heterocycles. The molecule has 2 aromatic heterocycles. The first-order valence-electron chi connectivity index (χ1n) is 6.60. The fraction of sp³-hybridized carbons (Fsp3) is 0.385. The number of nitrogens with one attached hydrogen (secondary N) is 1. The van der Waals surface area contributed by atoms with Crippen LogP contribution in [0.1, 0.15) is 29.5 Å². The number of aryl methyl sites for hydroxylation is 3. The average Bonchev–Trinajstić information content (AvgIpc) is 3.04. The summed E-state index contributed by atoms with van der Waals surface area (Å²) in [7, 11) is 0. The summed E-state index contributed by atoms with van der Waals surface area (Å²) >= 11 is 0. The maximum Gasteiger partial charge on any atom is 0.356 e. The predicted octanol–water partition coefficient (Wildman–Crippen LogP) is 1.13. The molecule has 1 amide bonds. The molecule has 0 aliphatic heterocycles. The lowest BCUT2D eigenvalue weighted by atomic mass is 10.3. The second-order valence-corrected chi connectivity index (χ2v) is 4.55. The van der Waals surface area contributed by atoms with Gasteiger partial charge >= 0.3 is 5.97 Å². The molecule has 0 aliphatic rings. The second-order valence-electron chi connectivity index (χ2n) is 4.55. The molecule has 0 fully saturated rings. The van der Waals surface area contributed by atoms with E-state index in [4.69, 9.17) is 5.11 Å². The van der Waals surface area contributed by atoms with Crippen LogP contribution in [-0.2, 0) is 17.9 Å². The minimum atomic E-state index is -1.08. The molecule has 0 bridgehead atoms. The Bertz CT molecular complexity index is 659. The van der Waals surface area contributed by atoms with Crippen molar-refractivity contribution < 1.29 is 14.7 Å². The average molecular weight is 291 g/mol. The zero-order valence-electron chi connectivity index (χ0n) is 11.9. The number of amides is 1. The highest BCUT2D eigenvalue weighted by atomic mass is 16.4. The molecule has 2 aromatic rings. The van der Waals surface area contributed by atoms with Crippen molar-refractivity contribution in [3.05, 3.63) is 29.8 Å². The maximum atomic E-state index is 11.9. The third-order valence-electron chi connectivity index (χ3n) is 2.97. The molecule has 0 radical (unpaired) electrons. The van der Waals surface area contributed by atoms with Crippen LogP contribution in [0.2, 0.25) is 0 Å². The molecule has 0 atom stereocenters. The van der Waals surface area contributed by atoms with Gasteiger partial charge < -0.3 is 10.4 Å². The Morgan fingerprint density at radius 1 is 1.33 bits per heavy atom. The summed E-state index contributed by atoms with van der Waals surface area (Å²) < 4.78 is 3.18. The minimum Gasteiger partial charge on any atom is -0.476 e. The van der Waals surface area contributed by atoms with Crippen molar-refractivity contribution in [2.45, 2.75) is 33.4 Å². The third-order valence-corrected chi connectivity index (χ3v) is 2.97. The van der Waals surface area contributed by atoms with E-state index >= 15 is 0 Å². The van der Waals surface area contributed by atoms with Crippen molar-refractivity contribution in [1.82, 2.24) is 19.6 Å². The topological polar surface area (TPSA) is 102 Å². The van der Waals surface area contributed by atoms with Gasteiger partial charge in [0.2, 0.25) is 5.91 Å². The number of hydrogen-bond donors (Lipinski definition) is 2. The molecule has 0 spiro atoms. The molecule has 2 N–H and O–H groups in total. The summed E-state index contributed by atoms with van der Waals surface area (Å²) in [5.74, 6) is -1.25. The van der Waals surface area contributed by atoms with Crippen molar-refractivity contribution in [1.29, 1.82) is 0 Å². The Morgan fingerprint density at radius 2 is 2.10 bits per heavy atom. The van der Waals surface area contributed by atoms with Crippen LogP contribution in [0.15, 0.2) is 18.5 Å². The van der Waals surface area contributed by atoms with E-state index in [2.05, 4.69) is 15.5 Å². The van der Waals surface area contributed by atoms with E-state index in [9.17, 15) is 9.59 Å². The van der Waals surface area contributed by atoms with Crippen molar-refractivity contribution in [3.63, 3.8) is 0 Å². The van der Waals surface area contributed by atoms with E-state index in [1.165, 1.54) is 16.9 Å². The zero-order chi connectivity index (χ0) is 15.4. The van der Waals surface area contributed by atoms with Gasteiger partial charge in [-0.3, -0.25) is 14.2 Å². The minimum absolute atomic E-state index is 0.0320. The number of rotatable bonds is 6. The van der Waals surface area contributed by atoms with Gasteiger partial charge in [-0.15, -0.1) is 0 Å². The number of carbonyl (C=O) groups is 2. The number of carbonyl (C=O) groups excluding carboxylic acids is 1. The molecule has 2 rings (SSSR count). The van der Waals surface area contributed by atoms with E-state index in [1.807, 2.05) is 13.8 Å². The van der Waals surface area contributed by atoms with Crippen LogP contribution in [0.5, 0.6) is 0 Å². The van der Waals surface area contributed by atoms with Crippen LogP contribution in [0.4, 0.5) is 5.69 Å². The van der Waals surface area contributed by atoms with Crippen molar-refractivity contribution in [3.8, 4) is 0 Å². The van der Waals surface area contributed by atoms with Gasteiger partial charge in [-0.1, -0.05) is 0 Å². The lowest BCUT2D eigenvalue weighted by Crippen LogP contribution is -2.15. The number of carboxylic acids is 1. The largest absolute Gasteiger partial charge is 0.476 e. The molecule has 21 heavy (non-hydrogen) atoms. The molecular weight excluding hydrogens is 274 g/mol. The SMILES string of the molecule is CCn1cc(NC(=O)CCn2ccc(C(=O)O)n2)c(C)n1. The second kappa shape index (κ2) is 6.21. The Labute approximate surface area is 121 Å². The van der Waals surface area contributed by atoms with Gasteiger partial charge in [-0.2, -0.15) is 10.2 Å². The van der Waals surface area contributed by atoms with E-state index in [0.29, 0.717) is 12.2 Å². The lowest BCUT2D eigenvalue weighted by molar-refractivity contribution is -0.116. The van der Waals surface area contributed by atoms with E-state index in [-0.39, 0.29) is 18.0 Å². The molecule has 112 valence electrons. The van der Waals surface area contributed by atoms with Crippen LogP contribution < -0.4 is 5.32 Å². The van der Waals surface area contributed by atoms with Crippen LogP contribution in [-0.4, -0.2) is 36.5 Å². The van der Waals surface area contributed by atoms with E-state index in [0.717, 1.165) is 12.2 Å². The molecule has 0 aliphatic carbocycles. The number of aromatic nitrogens is 4. The first-order chi connectivity index (χ1) is 9.99. The molecular formula is C13H17N5O3. The zero-order valence-corrected chi connectivity index (χ0v) is 11.9. The first-order valence-corrected chi connectivity index (χ1v) is 6.60. The summed E-state index contributed by atoms with van der Waals surface area (Å²) in [5, 5.41) is 19.6. The smallest absolute Gasteiger partial charge is 0.356 e. The fourth-order valence-electron chi connectivity index (χ4n) is 1.83. The summed E-state index contributed by atoms with van der Waals surface area (Å²) in [6.45, 7) is 4.85. The lowest BCUT2D eigenvalue weighted by Gasteiger charge is -2.03. The Morgan fingerprint density at radius 3 is 2.67 bits per heavy atom. The monoisotopic (exact) mass is 291 g/mol. The number of hydrogen-bond acceptors (Lipinski definition) is 4. The normalized spacial score (nSPS) is 10.6. The Hall–Kier alpha value is -2.64. The van der Waals surface area contributed by atoms with Gasteiger partial charge in [0.1, 0.15) is 0 Å². The molecule has 0 aromatic carbocycles. The van der Waals surface area contributed by atoms with Gasteiger partial charge in [0.15, 0.2) is 5.69 Å². The highest BCUT2D eigenvalue weighted by Gasteiger charge is 2.10. The molecule has 8 heteroatoms. The highest BCUT2D eigenvalue weighted by molar-refractivity contribution is 5.91. The Kier molecular flexibility index (Phi) is 4.36. The predicted molar refractivity (Wildman–Crippen MR) is 75.1 cm³/mol. The molecule has 0 saturated carbocycles. The fourth-order valence-corrected chi connectivity index (χ4v) is 1.83. The summed E-state index contributed by atoms with van der Waals surface area (Å²) in [5.41, 5.74) is 1.42. The molecule has 8 nitrogen and oxygen atoms in total. The van der Waals surface area contributed by atoms with E-state index in [1.54, 1.807) is 10.9 Å². The number of nitrogens with zero attached hydrogens (tertiary/aromatic N) is 4. The van der Waals surface area contributed by atoms with Gasteiger partial charge in [0.25, 0.3) is 0 Å². The number of carboxylic acid groups (broad SMARTS) is 1. The van der Waals surface area contributed by atoms with E-state index < -0.39 is 5.97 Å². The summed E-state index contributed by atoms with van der Waals surface area (Å²) in [4.78, 5) is 22.6. The summed E-state index contributed by atoms with van der Waals surface area (Å²) in [6, 6.07) is 1.40. The van der Waals surface area contributed by atoms with Crippen LogP contribution >= 0.6 is 0 Å². The van der Waals surface area contributed by atoms with Crippen molar-refractivity contribution in [2.75, 3.05) is 5.32 Å². The highest BCUT2D eigenvalue weighted by Crippen LogP contribution is 2.12. The maximum absolute atomic E-state index is 11.9. The quantitative estimate of drug-likeness (QED) is 0.830. The standard InChI is InChI=1S/C13H17N5O3/c1-3-17-8-11(9(2)15-17)14-12(19)5-7-18-6-4-10(16-18)13(20)21/h4,6,8H,3,5,7H2,1-2H3,(H,14,19)(H,20,21). The number of anilines is 1. The third kappa shape index (κ3) is 3.68. The van der Waals surface area contributed by atoms with Gasteiger partial charge in [0.05, 0.1) is 11.4 Å². The Balaban J connectivity index is 1.89. The first kappa shape index (κ1) is 14.8. The summed E-state index contributed by atoms with van der Waals surface area (Å²) in [6.07, 6.45) is 3.53. The van der Waals surface area contributed by atoms with Crippen LogP contribution in [0.3, 0.4) is 0 Å². The van der Waals surface area contributed by atoms with Gasteiger partial charge in [0, 0.05) is 31.9 Å². The van der Waals surface area contributed by atoms with Crippen LogP contribution in [0, 0.1) is 6.92 Å². The molecule has 0 unspecified atom stereocenters.